The Hall–Kier alpha value is -3.75. The Balaban J connectivity index is 1.41. The number of amides is 1. The van der Waals surface area contributed by atoms with Crippen molar-refractivity contribution in [2.45, 2.75) is 6.54 Å². The average molecular weight is 456 g/mol. The van der Waals surface area contributed by atoms with Crippen molar-refractivity contribution >= 4 is 34.6 Å². The predicted molar refractivity (Wildman–Crippen MR) is 136 cm³/mol. The van der Waals surface area contributed by atoms with E-state index in [0.29, 0.717) is 11.6 Å². The minimum Gasteiger partial charge on any atom is -0.370 e. The molecule has 3 heterocycles. The van der Waals surface area contributed by atoms with Gasteiger partial charge in [0.15, 0.2) is 11.6 Å². The highest BCUT2D eigenvalue weighted by molar-refractivity contribution is 5.93. The molecule has 0 bridgehead atoms. The average Bonchev–Trinajstić information content (AvgIpc) is 3.34. The molecule has 0 spiro atoms. The lowest BCUT2D eigenvalue weighted by molar-refractivity contribution is -0.106. The first kappa shape index (κ1) is 22.1. The van der Waals surface area contributed by atoms with E-state index in [1.165, 1.54) is 10.5 Å². The van der Waals surface area contributed by atoms with E-state index in [1.54, 1.807) is 13.2 Å². The quantitative estimate of drug-likeness (QED) is 0.414. The number of piperazine rings is 1. The summed E-state index contributed by atoms with van der Waals surface area (Å²) in [5.74, 6) is 1.00. The third kappa shape index (κ3) is 4.50. The molecule has 1 fully saturated rings. The summed E-state index contributed by atoms with van der Waals surface area (Å²) in [5.41, 5.74) is 4.70. The second-order valence-corrected chi connectivity index (χ2v) is 8.68. The molecule has 1 saturated heterocycles. The van der Waals surface area contributed by atoms with Crippen LogP contribution >= 0.6 is 0 Å². The fourth-order valence-corrected chi connectivity index (χ4v) is 4.33. The van der Waals surface area contributed by atoms with Crippen LogP contribution in [0.2, 0.25) is 0 Å². The summed E-state index contributed by atoms with van der Waals surface area (Å²) in [6.45, 7) is 5.35. The molecule has 0 saturated carbocycles. The highest BCUT2D eigenvalue weighted by Gasteiger charge is 2.18. The number of rotatable bonds is 7. The van der Waals surface area contributed by atoms with Crippen molar-refractivity contribution in [3.05, 3.63) is 66.5 Å². The first-order valence-corrected chi connectivity index (χ1v) is 11.5. The van der Waals surface area contributed by atoms with Gasteiger partial charge in [-0.15, -0.1) is 0 Å². The Morgan fingerprint density at radius 2 is 1.88 bits per heavy atom. The molecule has 8 heteroatoms. The van der Waals surface area contributed by atoms with Gasteiger partial charge in [-0.25, -0.2) is 9.97 Å². The third-order valence-electron chi connectivity index (χ3n) is 6.39. The van der Waals surface area contributed by atoms with Crippen LogP contribution in [0.5, 0.6) is 0 Å². The molecule has 1 aliphatic heterocycles. The van der Waals surface area contributed by atoms with Gasteiger partial charge in [-0.1, -0.05) is 24.3 Å². The zero-order valence-corrected chi connectivity index (χ0v) is 19.5. The molecule has 0 atom stereocenters. The zero-order valence-electron chi connectivity index (χ0n) is 19.5. The van der Waals surface area contributed by atoms with Crippen molar-refractivity contribution in [1.82, 2.24) is 24.8 Å². The van der Waals surface area contributed by atoms with E-state index in [9.17, 15) is 4.79 Å². The highest BCUT2D eigenvalue weighted by Crippen LogP contribution is 2.31. The standard InChI is InChI=1S/C26H29N7O/c1-27-25-26(33(18-34)22-7-8-23-21(15-22)9-10-28-23)30-24(16-29-25)20-5-3-19(4-6-20)17-32-13-11-31(2)12-14-32/h3-10,15-16,18,28H,11-14,17H2,1-2H3,(H,27,29). The lowest BCUT2D eigenvalue weighted by Gasteiger charge is -2.32. The Bertz CT molecular complexity index is 1280. The van der Waals surface area contributed by atoms with Gasteiger partial charge in [0.25, 0.3) is 0 Å². The third-order valence-corrected chi connectivity index (χ3v) is 6.39. The van der Waals surface area contributed by atoms with Gasteiger partial charge in [0.1, 0.15) is 0 Å². The van der Waals surface area contributed by atoms with Crippen molar-refractivity contribution in [1.29, 1.82) is 0 Å². The van der Waals surface area contributed by atoms with Gasteiger partial charge in [-0.3, -0.25) is 14.6 Å². The van der Waals surface area contributed by atoms with Gasteiger partial charge in [-0.2, -0.15) is 0 Å². The SMILES string of the molecule is CNc1ncc(-c2ccc(CN3CCN(C)CC3)cc2)nc1N(C=O)c1ccc2[nH]ccc2c1. The van der Waals surface area contributed by atoms with E-state index in [2.05, 4.69) is 56.4 Å². The number of fused-ring (bicyclic) bond motifs is 1. The zero-order chi connectivity index (χ0) is 23.5. The Morgan fingerprint density at radius 3 is 2.62 bits per heavy atom. The van der Waals surface area contributed by atoms with Crippen LogP contribution in [0.15, 0.2) is 60.9 Å². The molecule has 2 N–H and O–H groups in total. The Kier molecular flexibility index (Phi) is 6.24. The van der Waals surface area contributed by atoms with Gasteiger partial charge in [0.2, 0.25) is 6.41 Å². The number of aromatic nitrogens is 3. The van der Waals surface area contributed by atoms with E-state index in [-0.39, 0.29) is 0 Å². The van der Waals surface area contributed by atoms with E-state index >= 15 is 0 Å². The monoisotopic (exact) mass is 455 g/mol. The number of likely N-dealkylation sites (N-methyl/N-ethyl adjacent to an activating group) is 1. The van der Waals surface area contributed by atoms with Crippen molar-refractivity contribution in [3.8, 4) is 11.3 Å². The van der Waals surface area contributed by atoms with E-state index < -0.39 is 0 Å². The van der Waals surface area contributed by atoms with Crippen molar-refractivity contribution in [3.63, 3.8) is 0 Å². The topological polar surface area (TPSA) is 80.4 Å². The van der Waals surface area contributed by atoms with Crippen LogP contribution in [-0.4, -0.2) is 71.4 Å². The van der Waals surface area contributed by atoms with Crippen LogP contribution < -0.4 is 10.2 Å². The molecule has 0 aliphatic carbocycles. The predicted octanol–water partition coefficient (Wildman–Crippen LogP) is 3.71. The molecule has 1 aliphatic rings. The second kappa shape index (κ2) is 9.62. The lowest BCUT2D eigenvalue weighted by Crippen LogP contribution is -2.43. The molecule has 2 aromatic heterocycles. The summed E-state index contributed by atoms with van der Waals surface area (Å²) in [6.07, 6.45) is 4.40. The van der Waals surface area contributed by atoms with Crippen LogP contribution in [0.25, 0.3) is 22.2 Å². The molecule has 0 radical (unpaired) electrons. The minimum absolute atomic E-state index is 0.464. The van der Waals surface area contributed by atoms with Gasteiger partial charge in [0.05, 0.1) is 17.6 Å². The maximum absolute atomic E-state index is 12.2. The number of hydrogen-bond acceptors (Lipinski definition) is 6. The number of carbonyl (C=O) groups is 1. The van der Waals surface area contributed by atoms with E-state index in [1.807, 2.05) is 30.5 Å². The minimum atomic E-state index is 0.464. The van der Waals surface area contributed by atoms with Crippen molar-refractivity contribution < 1.29 is 4.79 Å². The van der Waals surface area contributed by atoms with Gasteiger partial charge in [-0.05, 0) is 36.9 Å². The first-order chi connectivity index (χ1) is 16.6. The Labute approximate surface area is 199 Å². The Morgan fingerprint density at radius 1 is 1.09 bits per heavy atom. The van der Waals surface area contributed by atoms with Gasteiger partial charge >= 0.3 is 0 Å². The largest absolute Gasteiger partial charge is 0.370 e. The molecular weight excluding hydrogens is 426 g/mol. The summed E-state index contributed by atoms with van der Waals surface area (Å²) in [5, 5.41) is 4.08. The molecule has 34 heavy (non-hydrogen) atoms. The highest BCUT2D eigenvalue weighted by atomic mass is 16.1. The molecule has 2 aromatic carbocycles. The van der Waals surface area contributed by atoms with Crippen LogP contribution in [0.1, 0.15) is 5.56 Å². The molecular formula is C26H29N7O. The molecule has 8 nitrogen and oxygen atoms in total. The number of hydrogen-bond donors (Lipinski definition) is 2. The van der Waals surface area contributed by atoms with Crippen molar-refractivity contribution in [2.24, 2.45) is 0 Å². The summed E-state index contributed by atoms with van der Waals surface area (Å²) < 4.78 is 0. The molecule has 1 amide bonds. The number of benzene rings is 2. The molecule has 4 aromatic rings. The second-order valence-electron chi connectivity index (χ2n) is 8.68. The number of anilines is 3. The van der Waals surface area contributed by atoms with Gasteiger partial charge in [0, 0.05) is 62.4 Å². The number of aromatic amines is 1. The molecule has 0 unspecified atom stereocenters. The summed E-state index contributed by atoms with van der Waals surface area (Å²) >= 11 is 0. The van der Waals surface area contributed by atoms with E-state index in [4.69, 9.17) is 4.98 Å². The lowest BCUT2D eigenvalue weighted by atomic mass is 10.1. The number of nitrogens with one attached hydrogen (secondary N) is 2. The van der Waals surface area contributed by atoms with Crippen LogP contribution in [-0.2, 0) is 11.3 Å². The maximum atomic E-state index is 12.2. The van der Waals surface area contributed by atoms with Gasteiger partial charge < -0.3 is 15.2 Å². The smallest absolute Gasteiger partial charge is 0.220 e. The fourth-order valence-electron chi connectivity index (χ4n) is 4.33. The van der Waals surface area contributed by atoms with Crippen LogP contribution in [0.3, 0.4) is 0 Å². The molecule has 5 rings (SSSR count). The normalized spacial score (nSPS) is 14.9. The van der Waals surface area contributed by atoms with Crippen LogP contribution in [0.4, 0.5) is 17.3 Å². The van der Waals surface area contributed by atoms with Crippen LogP contribution in [0, 0.1) is 0 Å². The fraction of sp³-hybridized carbons (Fsp3) is 0.269. The summed E-state index contributed by atoms with van der Waals surface area (Å²) in [7, 11) is 3.95. The molecule has 174 valence electrons. The number of carbonyl (C=O) groups excluding carboxylic acids is 1. The number of nitrogens with zero attached hydrogens (tertiary/aromatic N) is 5. The number of H-pyrrole nitrogens is 1. The van der Waals surface area contributed by atoms with E-state index in [0.717, 1.165) is 67.0 Å². The maximum Gasteiger partial charge on any atom is 0.220 e. The van der Waals surface area contributed by atoms with Crippen molar-refractivity contribution in [2.75, 3.05) is 50.5 Å². The first-order valence-electron chi connectivity index (χ1n) is 11.5. The summed E-state index contributed by atoms with van der Waals surface area (Å²) in [4.78, 5) is 31.1. The summed E-state index contributed by atoms with van der Waals surface area (Å²) in [6, 6.07) is 16.2.